The predicted octanol–water partition coefficient (Wildman–Crippen LogP) is 2.03. The lowest BCUT2D eigenvalue weighted by molar-refractivity contribution is -0.122. The molecule has 0 saturated heterocycles. The average molecular weight is 248 g/mol. The van der Waals surface area contributed by atoms with Crippen LogP contribution in [0.1, 0.15) is 32.8 Å². The molecular formula is C14H20N2O2. The molecule has 1 atom stereocenters. The molecule has 0 spiro atoms. The Balaban J connectivity index is 2.33. The van der Waals surface area contributed by atoms with Crippen LogP contribution in [0.4, 0.5) is 5.69 Å². The van der Waals surface area contributed by atoms with Crippen molar-refractivity contribution in [3.8, 4) is 5.75 Å². The van der Waals surface area contributed by atoms with Crippen LogP contribution >= 0.6 is 0 Å². The minimum Gasteiger partial charge on any atom is -0.479 e. The zero-order valence-electron chi connectivity index (χ0n) is 11.1. The van der Waals surface area contributed by atoms with Crippen LogP contribution in [0, 0.1) is 0 Å². The van der Waals surface area contributed by atoms with Gasteiger partial charge in [0.25, 0.3) is 5.91 Å². The van der Waals surface area contributed by atoms with Gasteiger partial charge in [-0.3, -0.25) is 4.79 Å². The van der Waals surface area contributed by atoms with Crippen molar-refractivity contribution < 1.29 is 9.53 Å². The van der Waals surface area contributed by atoms with Crippen molar-refractivity contribution in [1.82, 2.24) is 0 Å². The third kappa shape index (κ3) is 2.34. The summed E-state index contributed by atoms with van der Waals surface area (Å²) < 4.78 is 5.61. The number of carbonyl (C=O) groups excluding carboxylic acids is 1. The molecule has 0 bridgehead atoms. The summed E-state index contributed by atoms with van der Waals surface area (Å²) >= 11 is 0. The van der Waals surface area contributed by atoms with Crippen molar-refractivity contribution >= 4 is 11.6 Å². The van der Waals surface area contributed by atoms with Crippen LogP contribution in [0.15, 0.2) is 18.2 Å². The highest BCUT2D eigenvalue weighted by Crippen LogP contribution is 2.35. The van der Waals surface area contributed by atoms with E-state index < -0.39 is 6.10 Å². The monoisotopic (exact) mass is 248 g/mol. The molecule has 0 radical (unpaired) electrons. The first-order chi connectivity index (χ1) is 8.44. The largest absolute Gasteiger partial charge is 0.479 e. The summed E-state index contributed by atoms with van der Waals surface area (Å²) in [6.45, 7) is 6.72. The summed E-state index contributed by atoms with van der Waals surface area (Å²) in [4.78, 5) is 11.5. The molecule has 1 amide bonds. The van der Waals surface area contributed by atoms with E-state index in [0.717, 1.165) is 17.9 Å². The van der Waals surface area contributed by atoms with Gasteiger partial charge in [-0.1, -0.05) is 19.9 Å². The lowest BCUT2D eigenvalue weighted by Crippen LogP contribution is -2.34. The summed E-state index contributed by atoms with van der Waals surface area (Å²) in [5, 5.41) is 2.83. The molecule has 18 heavy (non-hydrogen) atoms. The van der Waals surface area contributed by atoms with Gasteiger partial charge in [-0.25, -0.2) is 0 Å². The van der Waals surface area contributed by atoms with Crippen LogP contribution in [0.2, 0.25) is 0 Å². The van der Waals surface area contributed by atoms with Crippen molar-refractivity contribution in [3.05, 3.63) is 23.8 Å². The van der Waals surface area contributed by atoms with E-state index in [4.69, 9.17) is 10.5 Å². The van der Waals surface area contributed by atoms with E-state index in [1.54, 1.807) is 6.92 Å². The van der Waals surface area contributed by atoms with Gasteiger partial charge in [0, 0.05) is 0 Å². The predicted molar refractivity (Wildman–Crippen MR) is 71.9 cm³/mol. The molecule has 1 unspecified atom stereocenters. The fourth-order valence-electron chi connectivity index (χ4n) is 2.13. The first-order valence-corrected chi connectivity index (χ1v) is 6.26. The lowest BCUT2D eigenvalue weighted by atomic mass is 9.81. The highest BCUT2D eigenvalue weighted by molar-refractivity contribution is 5.97. The highest BCUT2D eigenvalue weighted by Gasteiger charge is 2.26. The maximum Gasteiger partial charge on any atom is 0.265 e. The van der Waals surface area contributed by atoms with E-state index in [1.807, 2.05) is 18.2 Å². The van der Waals surface area contributed by atoms with Gasteiger partial charge in [-0.05, 0) is 43.0 Å². The molecule has 1 heterocycles. The van der Waals surface area contributed by atoms with Crippen LogP contribution in [-0.2, 0) is 10.2 Å². The molecule has 0 aliphatic carbocycles. The summed E-state index contributed by atoms with van der Waals surface area (Å²) in [6, 6.07) is 5.92. The summed E-state index contributed by atoms with van der Waals surface area (Å²) in [7, 11) is 0. The van der Waals surface area contributed by atoms with Crippen molar-refractivity contribution in [2.75, 3.05) is 11.9 Å². The molecule has 1 aromatic carbocycles. The topological polar surface area (TPSA) is 64.3 Å². The summed E-state index contributed by atoms with van der Waals surface area (Å²) in [6.07, 6.45) is 0.471. The number of amides is 1. The minimum absolute atomic E-state index is 0.0117. The SMILES string of the molecule is CC1Oc2cc(C(C)(C)CCN)ccc2NC1=O. The van der Waals surface area contributed by atoms with Crippen molar-refractivity contribution in [3.63, 3.8) is 0 Å². The van der Waals surface area contributed by atoms with Gasteiger partial charge >= 0.3 is 0 Å². The molecular weight excluding hydrogens is 228 g/mol. The molecule has 98 valence electrons. The highest BCUT2D eigenvalue weighted by atomic mass is 16.5. The van der Waals surface area contributed by atoms with Gasteiger partial charge in [-0.2, -0.15) is 0 Å². The van der Waals surface area contributed by atoms with Crippen LogP contribution < -0.4 is 15.8 Å². The number of nitrogens with two attached hydrogens (primary N) is 1. The molecule has 4 nitrogen and oxygen atoms in total. The van der Waals surface area contributed by atoms with Gasteiger partial charge in [-0.15, -0.1) is 0 Å². The molecule has 3 N–H and O–H groups in total. The first-order valence-electron chi connectivity index (χ1n) is 6.26. The van der Waals surface area contributed by atoms with E-state index in [0.29, 0.717) is 6.54 Å². The van der Waals surface area contributed by atoms with Crippen LogP contribution in [0.3, 0.4) is 0 Å². The Morgan fingerprint density at radius 2 is 2.17 bits per heavy atom. The zero-order valence-corrected chi connectivity index (χ0v) is 11.1. The fraction of sp³-hybridized carbons (Fsp3) is 0.500. The molecule has 1 aromatic rings. The normalized spacial score (nSPS) is 18.9. The van der Waals surface area contributed by atoms with Crippen LogP contribution in [0.5, 0.6) is 5.75 Å². The Morgan fingerprint density at radius 1 is 1.44 bits per heavy atom. The Labute approximate surface area is 108 Å². The third-order valence-corrected chi connectivity index (χ3v) is 3.46. The van der Waals surface area contributed by atoms with Crippen molar-refractivity contribution in [2.45, 2.75) is 38.7 Å². The van der Waals surface area contributed by atoms with Crippen LogP contribution in [0.25, 0.3) is 0 Å². The maximum absolute atomic E-state index is 11.5. The van der Waals surface area contributed by atoms with Crippen LogP contribution in [-0.4, -0.2) is 18.6 Å². The molecule has 0 saturated carbocycles. The lowest BCUT2D eigenvalue weighted by Gasteiger charge is -2.28. The van der Waals surface area contributed by atoms with Crippen molar-refractivity contribution in [1.29, 1.82) is 0 Å². The molecule has 4 heteroatoms. The minimum atomic E-state index is -0.439. The maximum atomic E-state index is 11.5. The number of carbonyl (C=O) groups is 1. The number of hydrogen-bond acceptors (Lipinski definition) is 3. The Kier molecular flexibility index (Phi) is 3.30. The number of benzene rings is 1. The second-order valence-electron chi connectivity index (χ2n) is 5.38. The van der Waals surface area contributed by atoms with E-state index in [1.165, 1.54) is 5.56 Å². The molecule has 1 aliphatic rings. The molecule has 2 rings (SSSR count). The van der Waals surface area contributed by atoms with Gasteiger partial charge in [0.1, 0.15) is 5.75 Å². The van der Waals surface area contributed by atoms with E-state index in [-0.39, 0.29) is 11.3 Å². The number of fused-ring (bicyclic) bond motifs is 1. The third-order valence-electron chi connectivity index (χ3n) is 3.46. The average Bonchev–Trinajstić information content (AvgIpc) is 2.30. The summed E-state index contributed by atoms with van der Waals surface area (Å²) in [5.74, 6) is 0.640. The number of ether oxygens (including phenoxy) is 1. The Bertz CT molecular complexity index is 469. The van der Waals surface area contributed by atoms with Crippen molar-refractivity contribution in [2.24, 2.45) is 5.73 Å². The van der Waals surface area contributed by atoms with Gasteiger partial charge < -0.3 is 15.8 Å². The van der Waals surface area contributed by atoms with E-state index in [2.05, 4.69) is 19.2 Å². The van der Waals surface area contributed by atoms with E-state index >= 15 is 0 Å². The number of anilines is 1. The molecule has 1 aliphatic heterocycles. The van der Waals surface area contributed by atoms with E-state index in [9.17, 15) is 4.79 Å². The summed E-state index contributed by atoms with van der Waals surface area (Å²) in [5.41, 5.74) is 7.57. The standard InChI is InChI=1S/C14H20N2O2/c1-9-13(17)16-11-5-4-10(8-12(11)18-9)14(2,3)6-7-15/h4-5,8-9H,6-7,15H2,1-3H3,(H,16,17). The zero-order chi connectivity index (χ0) is 13.3. The quantitative estimate of drug-likeness (QED) is 0.860. The number of rotatable bonds is 3. The number of hydrogen-bond donors (Lipinski definition) is 2. The Hall–Kier alpha value is -1.55. The fourth-order valence-corrected chi connectivity index (χ4v) is 2.13. The molecule has 0 fully saturated rings. The smallest absolute Gasteiger partial charge is 0.265 e. The second kappa shape index (κ2) is 4.61. The molecule has 0 aromatic heterocycles. The van der Waals surface area contributed by atoms with Gasteiger partial charge in [0.15, 0.2) is 6.10 Å². The van der Waals surface area contributed by atoms with Gasteiger partial charge in [0.2, 0.25) is 0 Å². The Morgan fingerprint density at radius 3 is 2.83 bits per heavy atom. The number of nitrogens with one attached hydrogen (secondary N) is 1. The first kappa shape index (κ1) is 12.9. The van der Waals surface area contributed by atoms with Gasteiger partial charge in [0.05, 0.1) is 5.69 Å². The second-order valence-corrected chi connectivity index (χ2v) is 5.38.